The van der Waals surface area contributed by atoms with Crippen molar-refractivity contribution in [1.29, 1.82) is 0 Å². The first-order valence-corrected chi connectivity index (χ1v) is 13.4. The van der Waals surface area contributed by atoms with Crippen molar-refractivity contribution in [3.8, 4) is 5.75 Å². The maximum absolute atomic E-state index is 13.2. The maximum atomic E-state index is 13.2. The van der Waals surface area contributed by atoms with Gasteiger partial charge in [-0.05, 0) is 49.6 Å². The largest absolute Gasteiger partial charge is 0.497 e. The molecule has 192 valence electrons. The van der Waals surface area contributed by atoms with E-state index in [0.29, 0.717) is 18.7 Å². The number of benzene rings is 2. The highest BCUT2D eigenvalue weighted by atomic mass is 32.2. The molecule has 2 aromatic rings. The molecule has 0 saturated heterocycles. The van der Waals surface area contributed by atoms with Crippen LogP contribution in [-0.2, 0) is 26.2 Å². The molecule has 1 atom stereocenters. The second-order valence-corrected chi connectivity index (χ2v) is 10.5. The zero-order chi connectivity index (χ0) is 25.8. The van der Waals surface area contributed by atoms with Gasteiger partial charge in [-0.25, -0.2) is 12.7 Å². The Kier molecular flexibility index (Phi) is 11.2. The van der Waals surface area contributed by atoms with Gasteiger partial charge in [0, 0.05) is 33.1 Å². The van der Waals surface area contributed by atoms with Gasteiger partial charge in [0.1, 0.15) is 11.8 Å². The number of carbonyl (C=O) groups is 2. The van der Waals surface area contributed by atoms with Gasteiger partial charge in [0.05, 0.1) is 12.0 Å². The Morgan fingerprint density at radius 2 is 1.69 bits per heavy atom. The van der Waals surface area contributed by atoms with Gasteiger partial charge in [-0.1, -0.05) is 43.7 Å². The van der Waals surface area contributed by atoms with Crippen LogP contribution in [0.4, 0.5) is 0 Å². The number of hydrogen-bond acceptors (Lipinski definition) is 5. The van der Waals surface area contributed by atoms with Crippen LogP contribution in [0.1, 0.15) is 45.1 Å². The van der Waals surface area contributed by atoms with Crippen molar-refractivity contribution in [3.05, 3.63) is 60.2 Å². The van der Waals surface area contributed by atoms with Gasteiger partial charge >= 0.3 is 0 Å². The van der Waals surface area contributed by atoms with Gasteiger partial charge in [-0.3, -0.25) is 9.59 Å². The van der Waals surface area contributed by atoms with Gasteiger partial charge in [-0.2, -0.15) is 0 Å². The monoisotopic (exact) mass is 503 g/mol. The minimum absolute atomic E-state index is 0.122. The van der Waals surface area contributed by atoms with E-state index >= 15 is 0 Å². The fourth-order valence-electron chi connectivity index (χ4n) is 3.54. The van der Waals surface area contributed by atoms with Crippen molar-refractivity contribution in [1.82, 2.24) is 14.5 Å². The first-order chi connectivity index (χ1) is 16.7. The molecule has 2 amide bonds. The zero-order valence-electron chi connectivity index (χ0n) is 21.1. The molecule has 0 bridgehead atoms. The van der Waals surface area contributed by atoms with Crippen molar-refractivity contribution in [3.63, 3.8) is 0 Å². The summed E-state index contributed by atoms with van der Waals surface area (Å²) >= 11 is 0. The molecule has 1 N–H and O–H groups in total. The Labute approximate surface area is 209 Å². The second kappa shape index (κ2) is 13.8. The number of nitrogens with zero attached hydrogens (tertiary/aromatic N) is 2. The molecule has 35 heavy (non-hydrogen) atoms. The fourth-order valence-corrected chi connectivity index (χ4v) is 4.77. The number of carbonyl (C=O) groups excluding carboxylic acids is 2. The third kappa shape index (κ3) is 8.36. The fraction of sp³-hybridized carbons (Fsp3) is 0.462. The summed E-state index contributed by atoms with van der Waals surface area (Å²) in [5, 5.41) is 2.89. The lowest BCUT2D eigenvalue weighted by atomic mass is 10.1. The third-order valence-electron chi connectivity index (χ3n) is 5.82. The first kappa shape index (κ1) is 28.3. The van der Waals surface area contributed by atoms with Gasteiger partial charge < -0.3 is 15.0 Å². The Morgan fingerprint density at radius 3 is 2.29 bits per heavy atom. The van der Waals surface area contributed by atoms with E-state index in [4.69, 9.17) is 4.74 Å². The molecule has 9 heteroatoms. The number of unbranched alkanes of at least 4 members (excludes halogenated alkanes) is 1. The number of amides is 2. The van der Waals surface area contributed by atoms with Crippen molar-refractivity contribution >= 4 is 21.8 Å². The molecular formula is C26H37N3O5S. The SMILES string of the molecule is CCCCNC(=O)[C@H](C)N(Cc1ccc(OC)cc1)C(=O)CCCN(C)S(=O)(=O)c1ccccc1. The smallest absolute Gasteiger partial charge is 0.242 e. The molecule has 2 rings (SSSR count). The van der Waals surface area contributed by atoms with E-state index in [9.17, 15) is 18.0 Å². The molecule has 0 aliphatic carbocycles. The number of rotatable bonds is 14. The Morgan fingerprint density at radius 1 is 1.03 bits per heavy atom. The Bertz CT molecular complexity index is 1040. The van der Waals surface area contributed by atoms with E-state index in [0.717, 1.165) is 18.4 Å². The lowest BCUT2D eigenvalue weighted by molar-refractivity contribution is -0.140. The van der Waals surface area contributed by atoms with Crippen molar-refractivity contribution in [2.45, 2.75) is 57.0 Å². The molecule has 0 radical (unpaired) electrons. The molecule has 0 spiro atoms. The van der Waals surface area contributed by atoms with Crippen LogP contribution >= 0.6 is 0 Å². The quantitative estimate of drug-likeness (QED) is 0.399. The predicted octanol–water partition coefficient (Wildman–Crippen LogP) is 3.43. The molecule has 0 aliphatic heterocycles. The van der Waals surface area contributed by atoms with E-state index in [1.807, 2.05) is 31.2 Å². The summed E-state index contributed by atoms with van der Waals surface area (Å²) in [4.78, 5) is 27.7. The summed E-state index contributed by atoms with van der Waals surface area (Å²) in [5.74, 6) is 0.299. The van der Waals surface area contributed by atoms with E-state index in [2.05, 4.69) is 5.32 Å². The molecule has 0 aromatic heterocycles. The van der Waals surface area contributed by atoms with E-state index in [-0.39, 0.29) is 36.2 Å². The summed E-state index contributed by atoms with van der Waals surface area (Å²) in [7, 11) is -0.531. The van der Waals surface area contributed by atoms with Crippen molar-refractivity contribution in [2.24, 2.45) is 0 Å². The molecule has 0 fully saturated rings. The number of methoxy groups -OCH3 is 1. The third-order valence-corrected chi connectivity index (χ3v) is 7.69. The molecular weight excluding hydrogens is 466 g/mol. The Balaban J connectivity index is 2.06. The highest BCUT2D eigenvalue weighted by Crippen LogP contribution is 2.17. The van der Waals surface area contributed by atoms with Crippen LogP contribution < -0.4 is 10.1 Å². The van der Waals surface area contributed by atoms with Crippen LogP contribution in [0, 0.1) is 0 Å². The van der Waals surface area contributed by atoms with E-state index < -0.39 is 16.1 Å². The standard InChI is InChI=1S/C26H37N3O5S/c1-5-6-18-27-26(31)21(2)29(20-22-14-16-23(34-4)17-15-22)25(30)13-10-19-28(3)35(32,33)24-11-8-7-9-12-24/h7-9,11-12,14-17,21H,5-6,10,13,18-20H2,1-4H3,(H,27,31)/t21-/m0/s1. The van der Waals surface area contributed by atoms with Crippen LogP contribution in [0.25, 0.3) is 0 Å². The average Bonchev–Trinajstić information content (AvgIpc) is 2.87. The van der Waals surface area contributed by atoms with Crippen LogP contribution in [0.15, 0.2) is 59.5 Å². The van der Waals surface area contributed by atoms with E-state index in [1.54, 1.807) is 49.3 Å². The van der Waals surface area contributed by atoms with E-state index in [1.165, 1.54) is 11.4 Å². The van der Waals surface area contributed by atoms with Crippen LogP contribution in [-0.4, -0.2) is 62.7 Å². The highest BCUT2D eigenvalue weighted by molar-refractivity contribution is 7.89. The average molecular weight is 504 g/mol. The minimum atomic E-state index is -3.62. The van der Waals surface area contributed by atoms with Crippen molar-refractivity contribution < 1.29 is 22.7 Å². The number of hydrogen-bond donors (Lipinski definition) is 1. The molecule has 0 heterocycles. The number of ether oxygens (including phenoxy) is 1. The minimum Gasteiger partial charge on any atom is -0.497 e. The van der Waals surface area contributed by atoms with Gasteiger partial charge in [0.15, 0.2) is 0 Å². The summed E-state index contributed by atoms with van der Waals surface area (Å²) in [6.07, 6.45) is 2.29. The number of sulfonamides is 1. The summed E-state index contributed by atoms with van der Waals surface area (Å²) in [5.41, 5.74) is 0.871. The molecule has 0 aliphatic rings. The second-order valence-electron chi connectivity index (χ2n) is 8.43. The van der Waals surface area contributed by atoms with Crippen LogP contribution in [0.5, 0.6) is 5.75 Å². The van der Waals surface area contributed by atoms with Gasteiger partial charge in [0.2, 0.25) is 21.8 Å². The molecule has 8 nitrogen and oxygen atoms in total. The lowest BCUT2D eigenvalue weighted by Gasteiger charge is -2.29. The highest BCUT2D eigenvalue weighted by Gasteiger charge is 2.26. The topological polar surface area (TPSA) is 96.0 Å². The Hall–Kier alpha value is -2.91. The molecule has 0 unspecified atom stereocenters. The maximum Gasteiger partial charge on any atom is 0.242 e. The number of nitrogens with one attached hydrogen (secondary N) is 1. The lowest BCUT2D eigenvalue weighted by Crippen LogP contribution is -2.47. The summed E-state index contributed by atoms with van der Waals surface area (Å²) in [6.45, 7) is 4.78. The predicted molar refractivity (Wildman–Crippen MR) is 136 cm³/mol. The van der Waals surface area contributed by atoms with Gasteiger partial charge in [0.25, 0.3) is 0 Å². The molecule has 2 aromatic carbocycles. The first-order valence-electron chi connectivity index (χ1n) is 11.9. The summed E-state index contributed by atoms with van der Waals surface area (Å²) < 4.78 is 31.9. The molecule has 0 saturated carbocycles. The van der Waals surface area contributed by atoms with Gasteiger partial charge in [-0.15, -0.1) is 0 Å². The zero-order valence-corrected chi connectivity index (χ0v) is 21.9. The normalized spacial score (nSPS) is 12.3. The summed E-state index contributed by atoms with van der Waals surface area (Å²) in [6, 6.07) is 14.9. The van der Waals surface area contributed by atoms with Crippen LogP contribution in [0.3, 0.4) is 0 Å². The van der Waals surface area contributed by atoms with Crippen LogP contribution in [0.2, 0.25) is 0 Å². The van der Waals surface area contributed by atoms with Crippen molar-refractivity contribution in [2.75, 3.05) is 27.2 Å².